The molecule has 2 unspecified atom stereocenters. The van der Waals surface area contributed by atoms with Crippen molar-refractivity contribution in [3.05, 3.63) is 0 Å². The van der Waals surface area contributed by atoms with Crippen LogP contribution in [0.3, 0.4) is 0 Å². The molecule has 0 aromatic heterocycles. The largest absolute Gasteiger partial charge is 0.329 e. The number of rotatable bonds is 3. The lowest BCUT2D eigenvalue weighted by Gasteiger charge is -2.51. The van der Waals surface area contributed by atoms with Crippen molar-refractivity contribution in [2.24, 2.45) is 17.6 Å². The van der Waals surface area contributed by atoms with Gasteiger partial charge in [0.1, 0.15) is 0 Å². The Bertz CT molecular complexity index is 221. The first kappa shape index (κ1) is 12.4. The van der Waals surface area contributed by atoms with E-state index in [0.29, 0.717) is 5.54 Å². The highest BCUT2D eigenvalue weighted by Crippen LogP contribution is 2.43. The van der Waals surface area contributed by atoms with Crippen LogP contribution in [0.25, 0.3) is 0 Å². The average molecular weight is 224 g/mol. The van der Waals surface area contributed by atoms with Gasteiger partial charge in [-0.3, -0.25) is 4.90 Å². The van der Waals surface area contributed by atoms with Crippen LogP contribution in [0.2, 0.25) is 0 Å². The standard InChI is InChI=1S/C14H28N2/c1-12(2)13-7-3-4-8-14(13,11-15)16-9-5-6-10-16/h12-13H,3-11,15H2,1-2H3. The molecule has 2 atom stereocenters. The van der Waals surface area contributed by atoms with Crippen molar-refractivity contribution in [3.63, 3.8) is 0 Å². The van der Waals surface area contributed by atoms with Gasteiger partial charge in [0.25, 0.3) is 0 Å². The van der Waals surface area contributed by atoms with Gasteiger partial charge in [-0.2, -0.15) is 0 Å². The third kappa shape index (κ3) is 2.02. The van der Waals surface area contributed by atoms with Gasteiger partial charge in [0.15, 0.2) is 0 Å². The van der Waals surface area contributed by atoms with E-state index < -0.39 is 0 Å². The van der Waals surface area contributed by atoms with Gasteiger partial charge in [0, 0.05) is 12.1 Å². The van der Waals surface area contributed by atoms with Crippen molar-refractivity contribution in [1.82, 2.24) is 4.90 Å². The second kappa shape index (κ2) is 5.05. The Morgan fingerprint density at radius 3 is 2.44 bits per heavy atom. The Morgan fingerprint density at radius 1 is 1.19 bits per heavy atom. The maximum Gasteiger partial charge on any atom is 0.0362 e. The first-order valence-electron chi connectivity index (χ1n) is 7.16. The highest BCUT2D eigenvalue weighted by atomic mass is 15.2. The average Bonchev–Trinajstić information content (AvgIpc) is 2.82. The Balaban J connectivity index is 2.20. The molecule has 2 aliphatic rings. The molecule has 1 saturated heterocycles. The fraction of sp³-hybridized carbons (Fsp3) is 1.00. The summed E-state index contributed by atoms with van der Waals surface area (Å²) in [6.45, 7) is 8.23. The summed E-state index contributed by atoms with van der Waals surface area (Å²) in [5.41, 5.74) is 6.55. The van der Waals surface area contributed by atoms with Crippen LogP contribution in [0.15, 0.2) is 0 Å². The van der Waals surface area contributed by atoms with Gasteiger partial charge in [-0.25, -0.2) is 0 Å². The first-order valence-corrected chi connectivity index (χ1v) is 7.16. The summed E-state index contributed by atoms with van der Waals surface area (Å²) >= 11 is 0. The van der Waals surface area contributed by atoms with Crippen LogP contribution in [0, 0.1) is 11.8 Å². The molecule has 2 nitrogen and oxygen atoms in total. The summed E-state index contributed by atoms with van der Waals surface area (Å²) < 4.78 is 0. The van der Waals surface area contributed by atoms with Crippen molar-refractivity contribution < 1.29 is 0 Å². The molecule has 1 aliphatic heterocycles. The fourth-order valence-electron chi connectivity index (χ4n) is 4.14. The van der Waals surface area contributed by atoms with E-state index in [-0.39, 0.29) is 0 Å². The summed E-state index contributed by atoms with van der Waals surface area (Å²) in [4.78, 5) is 2.73. The van der Waals surface area contributed by atoms with Crippen molar-refractivity contribution in [2.75, 3.05) is 19.6 Å². The van der Waals surface area contributed by atoms with Gasteiger partial charge in [-0.1, -0.05) is 26.7 Å². The zero-order valence-electron chi connectivity index (χ0n) is 11.0. The molecule has 0 aromatic rings. The first-order chi connectivity index (χ1) is 7.70. The van der Waals surface area contributed by atoms with Crippen molar-refractivity contribution in [1.29, 1.82) is 0 Å². The van der Waals surface area contributed by atoms with Crippen LogP contribution in [0.4, 0.5) is 0 Å². The van der Waals surface area contributed by atoms with Gasteiger partial charge in [0.05, 0.1) is 0 Å². The fourth-order valence-corrected chi connectivity index (χ4v) is 4.14. The Kier molecular flexibility index (Phi) is 3.91. The van der Waals surface area contributed by atoms with Crippen molar-refractivity contribution >= 4 is 0 Å². The lowest BCUT2D eigenvalue weighted by atomic mass is 9.67. The van der Waals surface area contributed by atoms with Gasteiger partial charge in [-0.05, 0) is 50.6 Å². The smallest absolute Gasteiger partial charge is 0.0362 e. The Morgan fingerprint density at radius 2 is 1.88 bits per heavy atom. The molecule has 1 heterocycles. The van der Waals surface area contributed by atoms with E-state index in [2.05, 4.69) is 18.7 Å². The topological polar surface area (TPSA) is 29.3 Å². The second-order valence-corrected chi connectivity index (χ2v) is 6.10. The molecule has 2 rings (SSSR count). The van der Waals surface area contributed by atoms with Gasteiger partial charge in [0.2, 0.25) is 0 Å². The van der Waals surface area contributed by atoms with E-state index in [1.54, 1.807) is 0 Å². The van der Waals surface area contributed by atoms with Crippen LogP contribution in [-0.4, -0.2) is 30.1 Å². The molecule has 94 valence electrons. The van der Waals surface area contributed by atoms with Gasteiger partial charge < -0.3 is 5.73 Å². The van der Waals surface area contributed by atoms with Crippen LogP contribution in [0.5, 0.6) is 0 Å². The van der Waals surface area contributed by atoms with Gasteiger partial charge >= 0.3 is 0 Å². The second-order valence-electron chi connectivity index (χ2n) is 6.10. The Labute approximate surface area is 101 Å². The van der Waals surface area contributed by atoms with E-state index >= 15 is 0 Å². The quantitative estimate of drug-likeness (QED) is 0.798. The van der Waals surface area contributed by atoms with E-state index in [1.807, 2.05) is 0 Å². The van der Waals surface area contributed by atoms with E-state index in [0.717, 1.165) is 18.4 Å². The number of hydrogen-bond acceptors (Lipinski definition) is 2. The zero-order valence-corrected chi connectivity index (χ0v) is 11.0. The minimum Gasteiger partial charge on any atom is -0.329 e. The maximum atomic E-state index is 6.20. The van der Waals surface area contributed by atoms with Crippen molar-refractivity contribution in [3.8, 4) is 0 Å². The monoisotopic (exact) mass is 224 g/mol. The highest BCUT2D eigenvalue weighted by Gasteiger charge is 2.45. The lowest BCUT2D eigenvalue weighted by Crippen LogP contribution is -2.60. The predicted molar refractivity (Wildman–Crippen MR) is 69.4 cm³/mol. The molecule has 16 heavy (non-hydrogen) atoms. The molecular weight excluding hydrogens is 196 g/mol. The van der Waals surface area contributed by atoms with E-state index in [4.69, 9.17) is 5.73 Å². The number of nitrogens with zero attached hydrogens (tertiary/aromatic N) is 1. The zero-order chi connectivity index (χ0) is 11.6. The Hall–Kier alpha value is -0.0800. The molecule has 2 heteroatoms. The molecule has 0 amide bonds. The van der Waals surface area contributed by atoms with Crippen LogP contribution < -0.4 is 5.73 Å². The lowest BCUT2D eigenvalue weighted by molar-refractivity contribution is 0.00163. The minimum absolute atomic E-state index is 0.350. The van der Waals surface area contributed by atoms with Crippen LogP contribution in [0.1, 0.15) is 52.4 Å². The molecule has 2 N–H and O–H groups in total. The summed E-state index contributed by atoms with van der Waals surface area (Å²) in [6.07, 6.45) is 8.30. The predicted octanol–water partition coefficient (Wildman–Crippen LogP) is 2.63. The van der Waals surface area contributed by atoms with E-state index in [1.165, 1.54) is 51.6 Å². The number of hydrogen-bond donors (Lipinski definition) is 1. The molecule has 1 saturated carbocycles. The summed E-state index contributed by atoms with van der Waals surface area (Å²) in [5, 5.41) is 0. The minimum atomic E-state index is 0.350. The number of nitrogens with two attached hydrogens (primary N) is 1. The van der Waals surface area contributed by atoms with E-state index in [9.17, 15) is 0 Å². The van der Waals surface area contributed by atoms with Crippen LogP contribution in [-0.2, 0) is 0 Å². The molecule has 0 bridgehead atoms. The maximum absolute atomic E-state index is 6.20. The molecule has 0 spiro atoms. The normalized spacial score (nSPS) is 37.1. The summed E-state index contributed by atoms with van der Waals surface area (Å²) in [5.74, 6) is 1.61. The third-order valence-electron chi connectivity index (χ3n) is 4.96. The molecule has 0 radical (unpaired) electrons. The van der Waals surface area contributed by atoms with Crippen LogP contribution >= 0.6 is 0 Å². The highest BCUT2D eigenvalue weighted by molar-refractivity contribution is 5.02. The molecule has 0 aromatic carbocycles. The summed E-state index contributed by atoms with van der Waals surface area (Å²) in [7, 11) is 0. The SMILES string of the molecule is CC(C)C1CCCCC1(CN)N1CCCC1. The van der Waals surface area contributed by atoms with Crippen molar-refractivity contribution in [2.45, 2.75) is 57.9 Å². The molecule has 2 fully saturated rings. The molecule has 1 aliphatic carbocycles. The number of likely N-dealkylation sites (tertiary alicyclic amines) is 1. The summed E-state index contributed by atoms with van der Waals surface area (Å²) in [6, 6.07) is 0. The molecular formula is C14H28N2. The third-order valence-corrected chi connectivity index (χ3v) is 4.96. The van der Waals surface area contributed by atoms with Gasteiger partial charge in [-0.15, -0.1) is 0 Å².